The zero-order chi connectivity index (χ0) is 14.4. The van der Waals surface area contributed by atoms with Crippen molar-refractivity contribution >= 4 is 34.2 Å². The molecular weight excluding hydrogens is 307 g/mol. The molecule has 4 atom stereocenters. The van der Waals surface area contributed by atoms with Crippen LogP contribution in [0.1, 0.15) is 11.9 Å². The van der Waals surface area contributed by atoms with Crippen molar-refractivity contribution in [2.24, 2.45) is 0 Å². The number of aliphatic hydroxyl groups is 3. The molecule has 8 heteroatoms. The average molecular weight is 319 g/mol. The van der Waals surface area contributed by atoms with Crippen molar-refractivity contribution in [3.63, 3.8) is 0 Å². The highest BCUT2D eigenvalue weighted by molar-refractivity contribution is 6.42. The molecule has 0 unspecified atom stereocenters. The Bertz CT molecular complexity index is 609. The standard InChI is InChI=1S/C12H12Cl2N2O4/c13-4-1-6-7(2-5(4)14)16-12(15-6)11-10(19)9(18)8(3-17)20-11/h1-2,8-11,17-19H,3H2,(H,15,16)/t8-,9-,10+,11-/m0/s1. The lowest BCUT2D eigenvalue weighted by Gasteiger charge is -2.11. The number of nitrogens with zero attached hydrogens (tertiary/aromatic N) is 1. The summed E-state index contributed by atoms with van der Waals surface area (Å²) in [6.45, 7) is -0.382. The molecule has 108 valence electrons. The van der Waals surface area contributed by atoms with Crippen molar-refractivity contribution in [3.8, 4) is 0 Å². The van der Waals surface area contributed by atoms with Crippen LogP contribution in [0.4, 0.5) is 0 Å². The first-order chi connectivity index (χ1) is 9.51. The van der Waals surface area contributed by atoms with Crippen LogP contribution >= 0.6 is 23.2 Å². The molecule has 0 bridgehead atoms. The minimum atomic E-state index is -1.17. The highest BCUT2D eigenvalue weighted by Gasteiger charge is 2.44. The first kappa shape index (κ1) is 14.1. The number of rotatable bonds is 2. The summed E-state index contributed by atoms with van der Waals surface area (Å²) < 4.78 is 5.40. The van der Waals surface area contributed by atoms with Gasteiger partial charge in [0.2, 0.25) is 0 Å². The molecule has 3 rings (SSSR count). The first-order valence-corrected chi connectivity index (χ1v) is 6.74. The van der Waals surface area contributed by atoms with E-state index in [0.29, 0.717) is 26.9 Å². The lowest BCUT2D eigenvalue weighted by molar-refractivity contribution is -0.0249. The van der Waals surface area contributed by atoms with Crippen LogP contribution in [0.25, 0.3) is 11.0 Å². The van der Waals surface area contributed by atoms with E-state index >= 15 is 0 Å². The maximum absolute atomic E-state index is 9.95. The molecule has 1 aromatic carbocycles. The Morgan fingerprint density at radius 2 is 1.90 bits per heavy atom. The number of aliphatic hydroxyl groups excluding tert-OH is 3. The van der Waals surface area contributed by atoms with E-state index in [4.69, 9.17) is 33.0 Å². The summed E-state index contributed by atoms with van der Waals surface area (Å²) >= 11 is 11.8. The number of hydrogen-bond acceptors (Lipinski definition) is 5. The topological polar surface area (TPSA) is 98.6 Å². The lowest BCUT2D eigenvalue weighted by atomic mass is 10.1. The summed E-state index contributed by atoms with van der Waals surface area (Å²) in [6.07, 6.45) is -4.01. The third-order valence-electron chi connectivity index (χ3n) is 3.35. The number of H-pyrrole nitrogens is 1. The second-order valence-electron chi connectivity index (χ2n) is 4.66. The molecule has 20 heavy (non-hydrogen) atoms. The van der Waals surface area contributed by atoms with E-state index in [1.165, 1.54) is 0 Å². The quantitative estimate of drug-likeness (QED) is 0.662. The van der Waals surface area contributed by atoms with Crippen LogP contribution in [-0.2, 0) is 4.74 Å². The zero-order valence-corrected chi connectivity index (χ0v) is 11.6. The largest absolute Gasteiger partial charge is 0.394 e. The summed E-state index contributed by atoms with van der Waals surface area (Å²) in [4.78, 5) is 7.24. The van der Waals surface area contributed by atoms with Crippen LogP contribution in [0.2, 0.25) is 10.0 Å². The number of aromatic nitrogens is 2. The molecule has 0 aliphatic carbocycles. The van der Waals surface area contributed by atoms with Crippen LogP contribution < -0.4 is 0 Å². The van der Waals surface area contributed by atoms with Crippen LogP contribution in [0.15, 0.2) is 12.1 Å². The molecular formula is C12H12Cl2N2O4. The molecule has 1 aromatic heterocycles. The molecule has 1 aliphatic rings. The van der Waals surface area contributed by atoms with Gasteiger partial charge in [-0.1, -0.05) is 23.2 Å². The number of nitrogens with one attached hydrogen (secondary N) is 1. The number of aromatic amines is 1. The zero-order valence-electron chi connectivity index (χ0n) is 10.1. The van der Waals surface area contributed by atoms with E-state index < -0.39 is 24.4 Å². The van der Waals surface area contributed by atoms with E-state index in [-0.39, 0.29) is 6.61 Å². The van der Waals surface area contributed by atoms with E-state index in [1.54, 1.807) is 12.1 Å². The number of imidazole rings is 1. The van der Waals surface area contributed by atoms with Crippen molar-refractivity contribution in [2.75, 3.05) is 6.61 Å². The number of halogens is 2. The normalized spacial score (nSPS) is 30.2. The monoisotopic (exact) mass is 318 g/mol. The molecule has 1 saturated heterocycles. The molecule has 6 nitrogen and oxygen atoms in total. The van der Waals surface area contributed by atoms with Crippen LogP contribution in [0.5, 0.6) is 0 Å². The maximum atomic E-state index is 9.95. The van der Waals surface area contributed by atoms with Gasteiger partial charge in [0.15, 0.2) is 0 Å². The highest BCUT2D eigenvalue weighted by atomic mass is 35.5. The van der Waals surface area contributed by atoms with Gasteiger partial charge in [0.05, 0.1) is 27.7 Å². The van der Waals surface area contributed by atoms with Gasteiger partial charge in [-0.15, -0.1) is 0 Å². The van der Waals surface area contributed by atoms with E-state index in [1.807, 2.05) is 0 Å². The van der Waals surface area contributed by atoms with Crippen molar-refractivity contribution in [3.05, 3.63) is 28.0 Å². The Morgan fingerprint density at radius 1 is 1.20 bits per heavy atom. The van der Waals surface area contributed by atoms with Crippen molar-refractivity contribution in [2.45, 2.75) is 24.4 Å². The average Bonchev–Trinajstić information content (AvgIpc) is 2.93. The molecule has 0 spiro atoms. The van der Waals surface area contributed by atoms with Crippen molar-refractivity contribution in [1.29, 1.82) is 0 Å². The molecule has 0 amide bonds. The van der Waals surface area contributed by atoms with Gasteiger partial charge in [-0.2, -0.15) is 0 Å². The Balaban J connectivity index is 1.99. The molecule has 2 aromatic rings. The lowest BCUT2D eigenvalue weighted by Crippen LogP contribution is -2.32. The van der Waals surface area contributed by atoms with Crippen LogP contribution in [0.3, 0.4) is 0 Å². The van der Waals surface area contributed by atoms with E-state index in [9.17, 15) is 10.2 Å². The summed E-state index contributed by atoms with van der Waals surface area (Å²) in [5.74, 6) is 0.348. The number of hydrogen-bond donors (Lipinski definition) is 4. The summed E-state index contributed by atoms with van der Waals surface area (Å²) in [6, 6.07) is 3.22. The van der Waals surface area contributed by atoms with E-state index in [0.717, 1.165) is 0 Å². The van der Waals surface area contributed by atoms with Gasteiger partial charge >= 0.3 is 0 Å². The second kappa shape index (κ2) is 5.14. The minimum absolute atomic E-state index is 0.348. The van der Waals surface area contributed by atoms with Crippen LogP contribution in [0, 0.1) is 0 Å². The van der Waals surface area contributed by atoms with Gasteiger partial charge in [0.1, 0.15) is 30.2 Å². The SMILES string of the molecule is OC[C@@H]1O[C@H](c2nc3cc(Cl)c(Cl)cc3[nH]2)[C@H](O)[C@H]1O. The predicted octanol–water partition coefficient (Wildman–Crippen LogP) is 1.02. The van der Waals surface area contributed by atoms with Gasteiger partial charge in [-0.05, 0) is 12.1 Å². The van der Waals surface area contributed by atoms with Crippen molar-refractivity contribution in [1.82, 2.24) is 9.97 Å². The predicted molar refractivity (Wildman–Crippen MR) is 72.8 cm³/mol. The second-order valence-corrected chi connectivity index (χ2v) is 5.48. The fraction of sp³-hybridized carbons (Fsp3) is 0.417. The van der Waals surface area contributed by atoms with E-state index in [2.05, 4.69) is 9.97 Å². The fourth-order valence-corrected chi connectivity index (χ4v) is 2.61. The Morgan fingerprint density at radius 3 is 2.55 bits per heavy atom. The summed E-state index contributed by atoms with van der Waals surface area (Å²) in [5.41, 5.74) is 1.22. The van der Waals surface area contributed by atoms with Gasteiger partial charge in [0, 0.05) is 0 Å². The summed E-state index contributed by atoms with van der Waals surface area (Å²) in [5, 5.41) is 29.5. The third-order valence-corrected chi connectivity index (χ3v) is 4.08. The number of fused-ring (bicyclic) bond motifs is 1. The molecule has 1 fully saturated rings. The highest BCUT2D eigenvalue weighted by Crippen LogP contribution is 2.34. The number of benzene rings is 1. The molecule has 0 saturated carbocycles. The maximum Gasteiger partial charge on any atom is 0.144 e. The third kappa shape index (κ3) is 2.18. The Kier molecular flexibility index (Phi) is 3.62. The molecule has 1 aliphatic heterocycles. The molecule has 4 N–H and O–H groups in total. The smallest absolute Gasteiger partial charge is 0.144 e. The molecule has 2 heterocycles. The molecule has 0 radical (unpaired) electrons. The van der Waals surface area contributed by atoms with Crippen molar-refractivity contribution < 1.29 is 20.1 Å². The van der Waals surface area contributed by atoms with Gasteiger partial charge in [-0.25, -0.2) is 4.98 Å². The minimum Gasteiger partial charge on any atom is -0.394 e. The Labute approximate surface area is 123 Å². The first-order valence-electron chi connectivity index (χ1n) is 5.98. The van der Waals surface area contributed by atoms with Gasteiger partial charge < -0.3 is 25.0 Å². The fourth-order valence-electron chi connectivity index (χ4n) is 2.28. The van der Waals surface area contributed by atoms with Gasteiger partial charge in [0.25, 0.3) is 0 Å². The van der Waals surface area contributed by atoms with Gasteiger partial charge in [-0.3, -0.25) is 0 Å². The summed E-state index contributed by atoms with van der Waals surface area (Å²) in [7, 11) is 0. The number of ether oxygens (including phenoxy) is 1. The van der Waals surface area contributed by atoms with Crippen LogP contribution in [-0.4, -0.2) is 50.2 Å². The Hall–Kier alpha value is -0.890.